The highest BCUT2D eigenvalue weighted by Gasteiger charge is 2.40. The molecule has 0 radical (unpaired) electrons. The number of hydrogen-bond donors (Lipinski definition) is 1. The van der Waals surface area contributed by atoms with Gasteiger partial charge in [-0.05, 0) is 43.3 Å². The molecule has 0 spiro atoms. The molecule has 2 nitrogen and oxygen atoms in total. The monoisotopic (exact) mass is 342 g/mol. The van der Waals surface area contributed by atoms with Crippen molar-refractivity contribution in [3.63, 3.8) is 0 Å². The van der Waals surface area contributed by atoms with Crippen molar-refractivity contribution in [1.29, 1.82) is 0 Å². The first-order valence-electron chi connectivity index (χ1n) is 6.86. The van der Waals surface area contributed by atoms with E-state index < -0.39 is 0 Å². The van der Waals surface area contributed by atoms with E-state index >= 15 is 0 Å². The SMILES string of the molecule is CC1SCCCC1(CN)N(C)Cc1ccc(Br)cc1. The van der Waals surface area contributed by atoms with Crippen LogP contribution >= 0.6 is 27.7 Å². The van der Waals surface area contributed by atoms with Crippen molar-refractivity contribution >= 4 is 27.7 Å². The van der Waals surface area contributed by atoms with Crippen LogP contribution < -0.4 is 5.73 Å². The van der Waals surface area contributed by atoms with E-state index in [0.717, 1.165) is 17.6 Å². The maximum Gasteiger partial charge on any atom is 0.0448 e. The van der Waals surface area contributed by atoms with Gasteiger partial charge in [-0.3, -0.25) is 4.90 Å². The first kappa shape index (κ1) is 15.4. The van der Waals surface area contributed by atoms with E-state index in [1.807, 2.05) is 0 Å². The number of nitrogens with zero attached hydrogens (tertiary/aromatic N) is 1. The van der Waals surface area contributed by atoms with E-state index in [2.05, 4.69) is 70.8 Å². The Kier molecular flexibility index (Phi) is 5.35. The summed E-state index contributed by atoms with van der Waals surface area (Å²) in [6.07, 6.45) is 2.49. The molecule has 0 aliphatic carbocycles. The fraction of sp³-hybridized carbons (Fsp3) is 0.600. The number of nitrogens with two attached hydrogens (primary N) is 1. The summed E-state index contributed by atoms with van der Waals surface area (Å²) in [7, 11) is 2.22. The summed E-state index contributed by atoms with van der Waals surface area (Å²) in [4.78, 5) is 2.47. The maximum absolute atomic E-state index is 6.14. The number of hydrogen-bond acceptors (Lipinski definition) is 3. The van der Waals surface area contributed by atoms with Gasteiger partial charge in [0.1, 0.15) is 0 Å². The van der Waals surface area contributed by atoms with Crippen LogP contribution in [0.1, 0.15) is 25.3 Å². The summed E-state index contributed by atoms with van der Waals surface area (Å²) in [5.74, 6) is 1.27. The molecule has 2 rings (SSSR count). The van der Waals surface area contributed by atoms with Crippen LogP contribution in [0.4, 0.5) is 0 Å². The summed E-state index contributed by atoms with van der Waals surface area (Å²) in [5, 5.41) is 0.603. The number of halogens is 1. The zero-order valence-corrected chi connectivity index (χ0v) is 14.1. The van der Waals surface area contributed by atoms with E-state index in [0.29, 0.717) is 5.25 Å². The van der Waals surface area contributed by atoms with Gasteiger partial charge in [0, 0.05) is 28.4 Å². The molecule has 1 aliphatic rings. The molecule has 1 saturated heterocycles. The van der Waals surface area contributed by atoms with Crippen molar-refractivity contribution in [1.82, 2.24) is 4.90 Å². The Hall–Kier alpha value is -0.0300. The summed E-state index contributed by atoms with van der Waals surface area (Å²) in [5.41, 5.74) is 7.64. The predicted octanol–water partition coefficient (Wildman–Crippen LogP) is 3.49. The second-order valence-electron chi connectivity index (χ2n) is 5.41. The number of likely N-dealkylation sites (N-methyl/N-ethyl adjacent to an activating group) is 1. The summed E-state index contributed by atoms with van der Waals surface area (Å²) in [6, 6.07) is 8.59. The lowest BCUT2D eigenvalue weighted by atomic mass is 9.87. The molecule has 0 saturated carbocycles. The van der Waals surface area contributed by atoms with Gasteiger partial charge in [-0.1, -0.05) is 35.0 Å². The molecule has 106 valence electrons. The Labute approximate surface area is 129 Å². The molecule has 2 atom stereocenters. The molecular weight excluding hydrogens is 320 g/mol. The van der Waals surface area contributed by atoms with Gasteiger partial charge in [0.25, 0.3) is 0 Å². The van der Waals surface area contributed by atoms with E-state index in [1.165, 1.54) is 24.2 Å². The lowest BCUT2D eigenvalue weighted by Gasteiger charge is -2.48. The Bertz CT molecular complexity index is 409. The molecular formula is C15H23BrN2S. The Morgan fingerprint density at radius 3 is 2.68 bits per heavy atom. The van der Waals surface area contributed by atoms with Crippen molar-refractivity contribution in [3.8, 4) is 0 Å². The Balaban J connectivity index is 2.12. The summed E-state index contributed by atoms with van der Waals surface area (Å²) >= 11 is 5.55. The molecule has 1 aromatic carbocycles. The lowest BCUT2D eigenvalue weighted by molar-refractivity contribution is 0.104. The number of benzene rings is 1. The van der Waals surface area contributed by atoms with Crippen molar-refractivity contribution in [2.45, 2.75) is 37.1 Å². The number of rotatable bonds is 4. The van der Waals surface area contributed by atoms with Crippen LogP contribution in [-0.4, -0.2) is 35.0 Å². The Morgan fingerprint density at radius 1 is 1.42 bits per heavy atom. The third-order valence-electron chi connectivity index (χ3n) is 4.33. The molecule has 19 heavy (non-hydrogen) atoms. The van der Waals surface area contributed by atoms with Gasteiger partial charge in [-0.25, -0.2) is 0 Å². The van der Waals surface area contributed by atoms with Crippen LogP contribution in [0.25, 0.3) is 0 Å². The quantitative estimate of drug-likeness (QED) is 0.907. The molecule has 0 bridgehead atoms. The van der Waals surface area contributed by atoms with Crippen molar-refractivity contribution in [2.75, 3.05) is 19.3 Å². The smallest absolute Gasteiger partial charge is 0.0448 e. The highest BCUT2D eigenvalue weighted by molar-refractivity contribution is 9.10. The van der Waals surface area contributed by atoms with Crippen LogP contribution in [-0.2, 0) is 6.54 Å². The Morgan fingerprint density at radius 2 is 2.11 bits per heavy atom. The maximum atomic E-state index is 6.14. The molecule has 1 aliphatic heterocycles. The van der Waals surface area contributed by atoms with Gasteiger partial charge in [-0.15, -0.1) is 0 Å². The third kappa shape index (κ3) is 3.35. The fourth-order valence-corrected chi connectivity index (χ4v) is 4.58. The second-order valence-corrected chi connectivity index (χ2v) is 7.77. The van der Waals surface area contributed by atoms with Gasteiger partial charge < -0.3 is 5.73 Å². The first-order chi connectivity index (χ1) is 9.08. The van der Waals surface area contributed by atoms with Gasteiger partial charge in [0.15, 0.2) is 0 Å². The summed E-state index contributed by atoms with van der Waals surface area (Å²) < 4.78 is 1.13. The normalized spacial score (nSPS) is 27.7. The lowest BCUT2D eigenvalue weighted by Crippen LogP contribution is -2.59. The van der Waals surface area contributed by atoms with E-state index in [-0.39, 0.29) is 5.54 Å². The van der Waals surface area contributed by atoms with Gasteiger partial charge in [0.05, 0.1) is 0 Å². The average molecular weight is 343 g/mol. The van der Waals surface area contributed by atoms with Crippen LogP contribution in [0.3, 0.4) is 0 Å². The van der Waals surface area contributed by atoms with Gasteiger partial charge in [-0.2, -0.15) is 11.8 Å². The third-order valence-corrected chi connectivity index (χ3v) is 6.32. The minimum Gasteiger partial charge on any atom is -0.329 e. The van der Waals surface area contributed by atoms with Crippen LogP contribution in [0.2, 0.25) is 0 Å². The number of thioether (sulfide) groups is 1. The molecule has 2 N–H and O–H groups in total. The highest BCUT2D eigenvalue weighted by atomic mass is 79.9. The van der Waals surface area contributed by atoms with Gasteiger partial charge in [0.2, 0.25) is 0 Å². The van der Waals surface area contributed by atoms with Crippen molar-refractivity contribution in [2.24, 2.45) is 5.73 Å². The minimum absolute atomic E-state index is 0.149. The van der Waals surface area contributed by atoms with Crippen LogP contribution in [0.15, 0.2) is 28.7 Å². The van der Waals surface area contributed by atoms with E-state index in [4.69, 9.17) is 5.73 Å². The highest BCUT2D eigenvalue weighted by Crippen LogP contribution is 2.37. The topological polar surface area (TPSA) is 29.3 Å². The largest absolute Gasteiger partial charge is 0.329 e. The summed E-state index contributed by atoms with van der Waals surface area (Å²) in [6.45, 7) is 4.04. The minimum atomic E-state index is 0.149. The predicted molar refractivity (Wildman–Crippen MR) is 88.5 cm³/mol. The van der Waals surface area contributed by atoms with E-state index in [9.17, 15) is 0 Å². The van der Waals surface area contributed by atoms with Crippen molar-refractivity contribution in [3.05, 3.63) is 34.3 Å². The zero-order valence-electron chi connectivity index (χ0n) is 11.7. The standard InChI is InChI=1S/C15H23BrN2S/c1-12-15(11-17,8-3-9-19-12)18(2)10-13-4-6-14(16)7-5-13/h4-7,12H,3,8-11,17H2,1-2H3. The van der Waals surface area contributed by atoms with Crippen LogP contribution in [0, 0.1) is 0 Å². The second kappa shape index (κ2) is 6.61. The molecule has 1 fully saturated rings. The van der Waals surface area contributed by atoms with Crippen LogP contribution in [0.5, 0.6) is 0 Å². The van der Waals surface area contributed by atoms with Gasteiger partial charge >= 0.3 is 0 Å². The molecule has 0 aromatic heterocycles. The molecule has 4 heteroatoms. The first-order valence-corrected chi connectivity index (χ1v) is 8.70. The average Bonchev–Trinajstić information content (AvgIpc) is 2.42. The molecule has 1 heterocycles. The molecule has 0 amide bonds. The fourth-order valence-electron chi connectivity index (χ4n) is 2.94. The van der Waals surface area contributed by atoms with Crippen molar-refractivity contribution < 1.29 is 0 Å². The molecule has 1 aromatic rings. The zero-order chi connectivity index (χ0) is 13.9. The molecule has 2 unspecified atom stereocenters. The van der Waals surface area contributed by atoms with E-state index in [1.54, 1.807) is 0 Å².